The Balaban J connectivity index is 2.64. The van der Waals surface area contributed by atoms with Crippen LogP contribution in [0.5, 0.6) is 0 Å². The minimum Gasteiger partial charge on any atom is -0.368 e. The van der Waals surface area contributed by atoms with E-state index in [1.807, 2.05) is 0 Å². The van der Waals surface area contributed by atoms with Gasteiger partial charge < -0.3 is 5.73 Å². The molecule has 8 heteroatoms. The maximum absolute atomic E-state index is 12.8. The summed E-state index contributed by atoms with van der Waals surface area (Å²) in [5, 5.41) is 0.210. The lowest BCUT2D eigenvalue weighted by atomic mass is 10.3. The Kier molecular flexibility index (Phi) is 4.95. The van der Waals surface area contributed by atoms with Gasteiger partial charge in [-0.1, -0.05) is 47.5 Å². The molecule has 2 aromatic rings. The fourth-order valence-corrected chi connectivity index (χ4v) is 4.06. The van der Waals surface area contributed by atoms with Crippen molar-refractivity contribution >= 4 is 44.8 Å². The zero-order valence-corrected chi connectivity index (χ0v) is 13.6. The summed E-state index contributed by atoms with van der Waals surface area (Å²) in [6, 6.07) is 12.2. The van der Waals surface area contributed by atoms with Crippen LogP contribution in [0.15, 0.2) is 53.4 Å². The van der Waals surface area contributed by atoms with Gasteiger partial charge >= 0.3 is 0 Å². The number of anilines is 1. The number of hydrogen-bond donors (Lipinski definition) is 1. The van der Waals surface area contributed by atoms with E-state index >= 15 is 0 Å². The van der Waals surface area contributed by atoms with Gasteiger partial charge in [0.1, 0.15) is 6.54 Å². The molecule has 0 aliphatic rings. The number of carbonyl (C=O) groups is 1. The monoisotopic (exact) mass is 358 g/mol. The summed E-state index contributed by atoms with van der Waals surface area (Å²) in [6.45, 7) is -0.569. The van der Waals surface area contributed by atoms with Crippen molar-refractivity contribution in [3.63, 3.8) is 0 Å². The van der Waals surface area contributed by atoms with E-state index in [0.717, 1.165) is 4.31 Å². The summed E-state index contributed by atoms with van der Waals surface area (Å²) in [5.41, 5.74) is 5.20. The van der Waals surface area contributed by atoms with Crippen LogP contribution in [0.3, 0.4) is 0 Å². The van der Waals surface area contributed by atoms with Crippen LogP contribution in [0.4, 0.5) is 5.69 Å². The van der Waals surface area contributed by atoms with Crippen LogP contribution in [-0.2, 0) is 14.8 Å². The van der Waals surface area contributed by atoms with Gasteiger partial charge in [0.15, 0.2) is 0 Å². The predicted octanol–water partition coefficient (Wildman–Crippen LogP) is 2.67. The molecule has 0 fully saturated rings. The van der Waals surface area contributed by atoms with Crippen LogP contribution in [0.2, 0.25) is 10.0 Å². The molecular formula is C14H12Cl2N2O3S. The van der Waals surface area contributed by atoms with Gasteiger partial charge in [-0.2, -0.15) is 0 Å². The molecule has 5 nitrogen and oxygen atoms in total. The smallest absolute Gasteiger partial charge is 0.264 e. The summed E-state index contributed by atoms with van der Waals surface area (Å²) < 4.78 is 26.4. The zero-order chi connectivity index (χ0) is 16.3. The molecule has 2 aromatic carbocycles. The first kappa shape index (κ1) is 16.6. The third kappa shape index (κ3) is 3.35. The Bertz CT molecular complexity index is 775. The van der Waals surface area contributed by atoms with Crippen LogP contribution < -0.4 is 10.0 Å². The number of primary amides is 1. The summed E-state index contributed by atoms with van der Waals surface area (Å²) >= 11 is 12.1. The minimum absolute atomic E-state index is 0.00670. The van der Waals surface area contributed by atoms with E-state index in [9.17, 15) is 13.2 Å². The van der Waals surface area contributed by atoms with E-state index < -0.39 is 22.5 Å². The number of benzene rings is 2. The molecule has 1 amide bonds. The van der Waals surface area contributed by atoms with Crippen LogP contribution in [-0.4, -0.2) is 20.9 Å². The van der Waals surface area contributed by atoms with E-state index in [0.29, 0.717) is 0 Å². The number of rotatable bonds is 5. The molecular weight excluding hydrogens is 347 g/mol. The van der Waals surface area contributed by atoms with Gasteiger partial charge in [-0.3, -0.25) is 9.10 Å². The van der Waals surface area contributed by atoms with Gasteiger partial charge in [-0.25, -0.2) is 8.42 Å². The molecule has 0 saturated heterocycles. The molecule has 0 aliphatic carbocycles. The van der Waals surface area contributed by atoms with Crippen molar-refractivity contribution in [2.45, 2.75) is 4.90 Å². The molecule has 2 rings (SSSR count). The van der Waals surface area contributed by atoms with Gasteiger partial charge in [0.2, 0.25) is 5.91 Å². The molecule has 2 N–H and O–H groups in total. The molecule has 0 spiro atoms. The summed E-state index contributed by atoms with van der Waals surface area (Å²) in [4.78, 5) is 11.3. The zero-order valence-electron chi connectivity index (χ0n) is 11.2. The lowest BCUT2D eigenvalue weighted by Crippen LogP contribution is -2.38. The molecule has 22 heavy (non-hydrogen) atoms. The summed E-state index contributed by atoms with van der Waals surface area (Å²) in [6.07, 6.45) is 0. The van der Waals surface area contributed by atoms with E-state index in [2.05, 4.69) is 0 Å². The first-order valence-corrected chi connectivity index (χ1v) is 8.33. The maximum atomic E-state index is 12.8. The van der Waals surface area contributed by atoms with Crippen LogP contribution in [0, 0.1) is 0 Å². The second kappa shape index (κ2) is 6.56. The molecule has 0 bridgehead atoms. The summed E-state index contributed by atoms with van der Waals surface area (Å²) in [7, 11) is -4.03. The minimum atomic E-state index is -4.03. The van der Waals surface area contributed by atoms with Gasteiger partial charge in [0.25, 0.3) is 10.0 Å². The number of halogens is 2. The average Bonchev–Trinajstić information content (AvgIpc) is 2.46. The Labute approximate surface area is 138 Å². The molecule has 0 atom stereocenters. The fraction of sp³-hybridized carbons (Fsp3) is 0.0714. The first-order valence-electron chi connectivity index (χ1n) is 6.14. The van der Waals surface area contributed by atoms with Crippen molar-refractivity contribution in [3.8, 4) is 0 Å². The quantitative estimate of drug-likeness (QED) is 0.891. The molecule has 0 aromatic heterocycles. The number of para-hydroxylation sites is 1. The van der Waals surface area contributed by atoms with E-state index in [4.69, 9.17) is 28.9 Å². The van der Waals surface area contributed by atoms with E-state index in [1.165, 1.54) is 24.3 Å². The van der Waals surface area contributed by atoms with Crippen molar-refractivity contribution in [1.82, 2.24) is 0 Å². The molecule has 0 unspecified atom stereocenters. The molecule has 0 radical (unpaired) electrons. The Morgan fingerprint density at radius 2 is 1.55 bits per heavy atom. The second-order valence-corrected chi connectivity index (χ2v) is 7.04. The Morgan fingerprint density at radius 3 is 2.05 bits per heavy atom. The highest BCUT2D eigenvalue weighted by Crippen LogP contribution is 2.36. The highest BCUT2D eigenvalue weighted by molar-refractivity contribution is 7.92. The number of hydrogen-bond acceptors (Lipinski definition) is 3. The van der Waals surface area contributed by atoms with Crippen molar-refractivity contribution in [1.29, 1.82) is 0 Å². The van der Waals surface area contributed by atoms with E-state index in [1.54, 1.807) is 24.3 Å². The van der Waals surface area contributed by atoms with Crippen molar-refractivity contribution in [2.75, 3.05) is 10.8 Å². The molecule has 0 saturated carbocycles. The third-order valence-electron chi connectivity index (χ3n) is 2.82. The number of amides is 1. The highest BCUT2D eigenvalue weighted by atomic mass is 35.5. The van der Waals surface area contributed by atoms with Crippen molar-refractivity contribution in [3.05, 3.63) is 58.6 Å². The predicted molar refractivity (Wildman–Crippen MR) is 86.6 cm³/mol. The Hall–Kier alpha value is -1.76. The number of nitrogens with zero attached hydrogens (tertiary/aromatic N) is 1. The van der Waals surface area contributed by atoms with Crippen molar-refractivity contribution < 1.29 is 13.2 Å². The highest BCUT2D eigenvalue weighted by Gasteiger charge is 2.29. The standard InChI is InChI=1S/C14H12Cl2N2O3S/c15-11-7-4-8-12(16)14(11)18(9-13(17)19)22(20,21)10-5-2-1-3-6-10/h1-8H,9H2,(H2,17,19). The van der Waals surface area contributed by atoms with Crippen LogP contribution >= 0.6 is 23.2 Å². The topological polar surface area (TPSA) is 80.5 Å². The number of carbonyl (C=O) groups excluding carboxylic acids is 1. The first-order chi connectivity index (χ1) is 10.3. The number of nitrogens with two attached hydrogens (primary N) is 1. The van der Waals surface area contributed by atoms with Gasteiger partial charge in [-0.05, 0) is 24.3 Å². The normalized spacial score (nSPS) is 11.2. The SMILES string of the molecule is NC(=O)CN(c1c(Cl)cccc1Cl)S(=O)(=O)c1ccccc1. The molecule has 0 aliphatic heterocycles. The van der Waals surface area contributed by atoms with Gasteiger partial charge in [0, 0.05) is 0 Å². The average molecular weight is 359 g/mol. The Morgan fingerprint density at radius 1 is 1.00 bits per heavy atom. The molecule has 116 valence electrons. The number of sulfonamides is 1. The van der Waals surface area contributed by atoms with Crippen LogP contribution in [0.1, 0.15) is 0 Å². The van der Waals surface area contributed by atoms with Crippen LogP contribution in [0.25, 0.3) is 0 Å². The lowest BCUT2D eigenvalue weighted by molar-refractivity contribution is -0.116. The second-order valence-electron chi connectivity index (χ2n) is 4.36. The van der Waals surface area contributed by atoms with Gasteiger partial charge in [0.05, 0.1) is 20.6 Å². The van der Waals surface area contributed by atoms with E-state index in [-0.39, 0.29) is 20.6 Å². The summed E-state index contributed by atoms with van der Waals surface area (Å²) in [5.74, 6) is -0.824. The lowest BCUT2D eigenvalue weighted by Gasteiger charge is -2.25. The third-order valence-corrected chi connectivity index (χ3v) is 5.19. The van der Waals surface area contributed by atoms with Crippen molar-refractivity contribution in [2.24, 2.45) is 5.73 Å². The van der Waals surface area contributed by atoms with Gasteiger partial charge in [-0.15, -0.1) is 0 Å². The fourth-order valence-electron chi connectivity index (χ4n) is 1.87. The maximum Gasteiger partial charge on any atom is 0.264 e. The molecule has 0 heterocycles. The largest absolute Gasteiger partial charge is 0.368 e.